The van der Waals surface area contributed by atoms with Gasteiger partial charge in [0.25, 0.3) is 5.91 Å². The first-order valence-corrected chi connectivity index (χ1v) is 19.1. The number of carbonyl (C=O) groups excluding carboxylic acids is 1. The molecule has 0 bridgehead atoms. The lowest BCUT2D eigenvalue weighted by molar-refractivity contribution is -0.174. The van der Waals surface area contributed by atoms with E-state index in [-0.39, 0.29) is 25.7 Å². The zero-order valence-electron chi connectivity index (χ0n) is 31.0. The van der Waals surface area contributed by atoms with Crippen LogP contribution in [0, 0.1) is 0 Å². The Morgan fingerprint density at radius 1 is 0.623 bits per heavy atom. The summed E-state index contributed by atoms with van der Waals surface area (Å²) in [6.07, 6.45) is 8.70. The summed E-state index contributed by atoms with van der Waals surface area (Å²) in [6, 6.07) is 34.6. The number of ether oxygens (including phenoxy) is 6. The van der Waals surface area contributed by atoms with Crippen molar-refractivity contribution >= 4 is 5.91 Å². The Hall–Kier alpha value is -4.57. The average molecular weight is 726 g/mol. The summed E-state index contributed by atoms with van der Waals surface area (Å²) < 4.78 is 38.2. The summed E-state index contributed by atoms with van der Waals surface area (Å²) >= 11 is 0. The monoisotopic (exact) mass is 725 g/mol. The minimum absolute atomic E-state index is 0.0169. The van der Waals surface area contributed by atoms with E-state index in [9.17, 15) is 4.79 Å². The first-order valence-electron chi connectivity index (χ1n) is 19.1. The van der Waals surface area contributed by atoms with Gasteiger partial charge in [-0.2, -0.15) is 0 Å². The molecule has 9 nitrogen and oxygen atoms in total. The lowest BCUT2D eigenvalue weighted by Crippen LogP contribution is -2.49. The Morgan fingerprint density at radius 2 is 1.11 bits per heavy atom. The van der Waals surface area contributed by atoms with Crippen molar-refractivity contribution in [2.45, 2.75) is 83.0 Å². The Balaban J connectivity index is 1.44. The van der Waals surface area contributed by atoms with Gasteiger partial charge in [0.1, 0.15) is 32.5 Å². The summed E-state index contributed by atoms with van der Waals surface area (Å²) in [4.78, 5) is 19.8. The number of carbonyl (C=O) groups is 1. The van der Waals surface area contributed by atoms with Gasteiger partial charge in [0, 0.05) is 0 Å². The van der Waals surface area contributed by atoms with E-state index >= 15 is 0 Å². The molecule has 0 aliphatic carbocycles. The second-order valence-corrected chi connectivity index (χ2v) is 13.3. The summed E-state index contributed by atoms with van der Waals surface area (Å²) in [5.74, 6) is 1.88. The predicted molar refractivity (Wildman–Crippen MR) is 205 cm³/mol. The average Bonchev–Trinajstić information content (AvgIpc) is 3.20. The van der Waals surface area contributed by atoms with Gasteiger partial charge >= 0.3 is 0 Å². The molecule has 4 aromatic carbocycles. The normalized spacial score (nSPS) is 15.3. The molecule has 0 radical (unpaired) electrons. The third-order valence-corrected chi connectivity index (χ3v) is 9.12. The van der Waals surface area contributed by atoms with Gasteiger partial charge in [-0.1, -0.05) is 143 Å². The van der Waals surface area contributed by atoms with Crippen molar-refractivity contribution in [3.05, 3.63) is 120 Å². The van der Waals surface area contributed by atoms with E-state index in [1.54, 1.807) is 0 Å². The van der Waals surface area contributed by atoms with E-state index in [1.165, 1.54) is 32.1 Å². The zero-order valence-corrected chi connectivity index (χ0v) is 31.0. The molecule has 284 valence electrons. The van der Waals surface area contributed by atoms with E-state index in [2.05, 4.69) is 12.4 Å². The predicted octanol–water partition coefficient (Wildman–Crippen LogP) is 8.99. The summed E-state index contributed by atoms with van der Waals surface area (Å²) in [6.45, 7) is 3.94. The van der Waals surface area contributed by atoms with Gasteiger partial charge in [-0.15, -0.1) is 0 Å². The van der Waals surface area contributed by atoms with Gasteiger partial charge in [-0.05, 0) is 41.8 Å². The highest BCUT2D eigenvalue weighted by Crippen LogP contribution is 2.36. The number of amides is 1. The second-order valence-electron chi connectivity index (χ2n) is 13.3. The fourth-order valence-corrected chi connectivity index (χ4v) is 6.19. The minimum Gasteiger partial charge on any atom is -0.487 e. The quantitative estimate of drug-likeness (QED) is 0.0904. The molecule has 9 heteroatoms. The highest BCUT2D eigenvalue weighted by atomic mass is 16.7. The molecule has 1 aliphatic rings. The maximum Gasteiger partial charge on any atom is 0.272 e. The first-order chi connectivity index (χ1) is 26.2. The van der Waals surface area contributed by atoms with E-state index in [0.29, 0.717) is 55.8 Å². The van der Waals surface area contributed by atoms with Crippen LogP contribution in [-0.4, -0.2) is 51.7 Å². The molecular weight excluding hydrogens is 670 g/mol. The topological polar surface area (TPSA) is 93.7 Å². The summed E-state index contributed by atoms with van der Waals surface area (Å²) in [5.41, 5.74) is 3.19. The standard InChI is InChI=1S/C44H55NO8/c1-2-3-4-5-6-7-8-15-28-42(43(46)45-52-33-36-20-11-9-12-21-36)53-44(37-22-13-10-14-23-37)34-50-40-26-18-16-24-38(40)48-31-29-47-30-32-49-39-25-17-19-27-41(39)51-35-44/h9-14,16-27,42H,2-8,15,28-35H2,1H3,(H,45,46). The zero-order chi connectivity index (χ0) is 36.8. The third-order valence-electron chi connectivity index (χ3n) is 9.12. The molecule has 0 saturated carbocycles. The Bertz CT molecular complexity index is 1550. The highest BCUT2D eigenvalue weighted by molar-refractivity contribution is 5.79. The van der Waals surface area contributed by atoms with Crippen LogP contribution in [0.2, 0.25) is 0 Å². The van der Waals surface area contributed by atoms with Gasteiger partial charge in [0.15, 0.2) is 28.6 Å². The SMILES string of the molecule is CCCCCCCCCCC(OC1(c2ccccc2)COc2ccccc2OCCOCCOc2ccccc2OC1)C(=O)NOCc1ccccc1. The van der Waals surface area contributed by atoms with Crippen LogP contribution < -0.4 is 24.4 Å². The Labute approximate surface area is 314 Å². The Kier molecular flexibility index (Phi) is 16.8. The van der Waals surface area contributed by atoms with E-state index in [1.807, 2.05) is 109 Å². The molecule has 0 saturated heterocycles. The van der Waals surface area contributed by atoms with Crippen LogP contribution in [0.4, 0.5) is 0 Å². The van der Waals surface area contributed by atoms with Crippen LogP contribution in [0.5, 0.6) is 23.0 Å². The maximum absolute atomic E-state index is 14.1. The molecule has 53 heavy (non-hydrogen) atoms. The van der Waals surface area contributed by atoms with Crippen LogP contribution in [0.25, 0.3) is 0 Å². The van der Waals surface area contributed by atoms with Crippen molar-refractivity contribution in [2.24, 2.45) is 0 Å². The molecule has 0 aromatic heterocycles. The number of para-hydroxylation sites is 4. The fraction of sp³-hybridized carbons (Fsp3) is 0.432. The molecule has 4 aromatic rings. The van der Waals surface area contributed by atoms with Crippen LogP contribution in [-0.2, 0) is 31.3 Å². The summed E-state index contributed by atoms with van der Waals surface area (Å²) in [5, 5.41) is 0. The van der Waals surface area contributed by atoms with E-state index < -0.39 is 11.7 Å². The molecule has 1 atom stereocenters. The summed E-state index contributed by atoms with van der Waals surface area (Å²) in [7, 11) is 0. The molecule has 0 fully saturated rings. The van der Waals surface area contributed by atoms with E-state index in [4.69, 9.17) is 33.3 Å². The van der Waals surface area contributed by atoms with Crippen molar-refractivity contribution in [3.63, 3.8) is 0 Å². The number of fused-ring (bicyclic) bond motifs is 2. The number of hydrogen-bond acceptors (Lipinski definition) is 8. The van der Waals surface area contributed by atoms with Crippen LogP contribution in [0.15, 0.2) is 109 Å². The van der Waals surface area contributed by atoms with Crippen LogP contribution in [0.1, 0.15) is 75.8 Å². The number of hydrogen-bond donors (Lipinski definition) is 1. The largest absolute Gasteiger partial charge is 0.487 e. The van der Waals surface area contributed by atoms with Crippen LogP contribution >= 0.6 is 0 Å². The third kappa shape index (κ3) is 13.1. The van der Waals surface area contributed by atoms with Gasteiger partial charge in [0.05, 0.1) is 19.8 Å². The number of benzene rings is 4. The smallest absolute Gasteiger partial charge is 0.272 e. The first kappa shape index (κ1) is 39.6. The molecule has 1 aliphatic heterocycles. The molecule has 0 spiro atoms. The lowest BCUT2D eigenvalue weighted by atomic mass is 9.94. The van der Waals surface area contributed by atoms with E-state index in [0.717, 1.165) is 30.4 Å². The number of hydroxylamine groups is 1. The Morgan fingerprint density at radius 3 is 1.68 bits per heavy atom. The second kappa shape index (κ2) is 22.5. The van der Waals surface area contributed by atoms with Crippen molar-refractivity contribution in [1.82, 2.24) is 5.48 Å². The van der Waals surface area contributed by atoms with Crippen molar-refractivity contribution in [2.75, 3.05) is 39.6 Å². The van der Waals surface area contributed by atoms with Crippen molar-refractivity contribution in [1.29, 1.82) is 0 Å². The minimum atomic E-state index is -1.25. The van der Waals surface area contributed by atoms with Crippen molar-refractivity contribution in [3.8, 4) is 23.0 Å². The fourth-order valence-electron chi connectivity index (χ4n) is 6.19. The molecule has 1 unspecified atom stereocenters. The number of nitrogens with one attached hydrogen (secondary N) is 1. The van der Waals surface area contributed by atoms with Gasteiger partial charge in [-0.3, -0.25) is 9.63 Å². The molecule has 5 rings (SSSR count). The molecular formula is C44H55NO8. The van der Waals surface area contributed by atoms with Gasteiger partial charge in [0.2, 0.25) is 0 Å². The van der Waals surface area contributed by atoms with Crippen LogP contribution in [0.3, 0.4) is 0 Å². The molecule has 1 N–H and O–H groups in total. The number of rotatable bonds is 16. The molecule has 1 amide bonds. The number of unbranched alkanes of at least 4 members (excludes halogenated alkanes) is 7. The maximum atomic E-state index is 14.1. The lowest BCUT2D eigenvalue weighted by Gasteiger charge is -2.37. The van der Waals surface area contributed by atoms with Crippen molar-refractivity contribution < 1.29 is 38.1 Å². The molecule has 1 heterocycles. The highest BCUT2D eigenvalue weighted by Gasteiger charge is 2.41. The van der Waals surface area contributed by atoms with Gasteiger partial charge < -0.3 is 28.4 Å². The van der Waals surface area contributed by atoms with Gasteiger partial charge in [-0.25, -0.2) is 5.48 Å².